The summed E-state index contributed by atoms with van der Waals surface area (Å²) >= 11 is 14.5. The molecule has 1 N–H and O–H groups in total. The molecule has 0 spiro atoms. The van der Waals surface area contributed by atoms with Crippen LogP contribution < -0.4 is 4.90 Å². The van der Waals surface area contributed by atoms with Gasteiger partial charge in [0, 0.05) is 35.1 Å². The Hall–Kier alpha value is 0.330. The number of aromatic amines is 1. The standard InChI is InChI=1S/C16H21Br4N5/c1-23(2)4-3-5-24-6-8-25(9-7-24)16-21-14-12(19)10(17)11(18)13(20)15(14)22-16/h3-9H2,1-2H3,(H,21,22). The van der Waals surface area contributed by atoms with Crippen molar-refractivity contribution in [3.8, 4) is 0 Å². The van der Waals surface area contributed by atoms with E-state index < -0.39 is 0 Å². The van der Waals surface area contributed by atoms with Crippen molar-refractivity contribution in [1.29, 1.82) is 0 Å². The van der Waals surface area contributed by atoms with Crippen LogP contribution in [0.1, 0.15) is 6.42 Å². The number of nitrogens with one attached hydrogen (secondary N) is 1. The number of aromatic nitrogens is 2. The Balaban J connectivity index is 1.70. The van der Waals surface area contributed by atoms with E-state index in [2.05, 4.69) is 97.5 Å². The van der Waals surface area contributed by atoms with Crippen LogP contribution in [0, 0.1) is 0 Å². The van der Waals surface area contributed by atoms with Crippen molar-refractivity contribution < 1.29 is 0 Å². The van der Waals surface area contributed by atoms with Gasteiger partial charge in [-0.05, 0) is 97.3 Å². The fraction of sp³-hybridized carbons (Fsp3) is 0.562. The Labute approximate surface area is 182 Å². The summed E-state index contributed by atoms with van der Waals surface area (Å²) in [5.74, 6) is 0.939. The molecule has 0 aliphatic carbocycles. The zero-order chi connectivity index (χ0) is 18.1. The van der Waals surface area contributed by atoms with Gasteiger partial charge in [0.15, 0.2) is 0 Å². The molecule has 25 heavy (non-hydrogen) atoms. The van der Waals surface area contributed by atoms with Crippen molar-refractivity contribution in [2.45, 2.75) is 6.42 Å². The number of anilines is 1. The molecule has 1 saturated heterocycles. The van der Waals surface area contributed by atoms with Crippen molar-refractivity contribution in [2.24, 2.45) is 0 Å². The molecule has 0 bridgehead atoms. The van der Waals surface area contributed by atoms with Crippen LogP contribution >= 0.6 is 63.7 Å². The van der Waals surface area contributed by atoms with Crippen LogP contribution in [-0.4, -0.2) is 73.1 Å². The van der Waals surface area contributed by atoms with Gasteiger partial charge in [0.25, 0.3) is 0 Å². The molecule has 1 aliphatic heterocycles. The van der Waals surface area contributed by atoms with E-state index in [1.54, 1.807) is 0 Å². The lowest BCUT2D eigenvalue weighted by Gasteiger charge is -2.34. The number of imidazole rings is 1. The molecule has 0 radical (unpaired) electrons. The minimum Gasteiger partial charge on any atom is -0.340 e. The van der Waals surface area contributed by atoms with Crippen molar-refractivity contribution in [1.82, 2.24) is 19.8 Å². The van der Waals surface area contributed by atoms with Gasteiger partial charge in [0.1, 0.15) is 5.52 Å². The predicted molar refractivity (Wildman–Crippen MR) is 119 cm³/mol. The maximum Gasteiger partial charge on any atom is 0.203 e. The van der Waals surface area contributed by atoms with Gasteiger partial charge in [-0.3, -0.25) is 4.90 Å². The Morgan fingerprint density at radius 3 is 2.24 bits per heavy atom. The zero-order valence-corrected chi connectivity index (χ0v) is 20.6. The molecule has 0 atom stereocenters. The molecule has 138 valence electrons. The van der Waals surface area contributed by atoms with Crippen molar-refractivity contribution in [3.63, 3.8) is 0 Å². The first-order valence-electron chi connectivity index (χ1n) is 8.22. The third kappa shape index (κ3) is 4.43. The highest BCUT2D eigenvalue weighted by Crippen LogP contribution is 2.43. The summed E-state index contributed by atoms with van der Waals surface area (Å²) in [6.07, 6.45) is 1.22. The number of hydrogen-bond donors (Lipinski definition) is 1. The maximum atomic E-state index is 4.83. The average molecular weight is 603 g/mol. The molecule has 1 aliphatic rings. The van der Waals surface area contributed by atoms with E-state index in [0.29, 0.717) is 0 Å². The molecule has 1 aromatic heterocycles. The van der Waals surface area contributed by atoms with Gasteiger partial charge in [-0.2, -0.15) is 0 Å². The van der Waals surface area contributed by atoms with Gasteiger partial charge < -0.3 is 14.8 Å². The molecule has 2 heterocycles. The molecular weight excluding hydrogens is 582 g/mol. The number of benzene rings is 1. The number of H-pyrrole nitrogens is 1. The number of piperazine rings is 1. The lowest BCUT2D eigenvalue weighted by atomic mass is 10.3. The minimum atomic E-state index is 0.936. The fourth-order valence-corrected chi connectivity index (χ4v) is 5.31. The van der Waals surface area contributed by atoms with Gasteiger partial charge in [0.2, 0.25) is 5.95 Å². The molecule has 1 aromatic carbocycles. The minimum absolute atomic E-state index is 0.936. The van der Waals surface area contributed by atoms with Crippen LogP contribution in [0.15, 0.2) is 17.9 Å². The normalized spacial score (nSPS) is 16.4. The van der Waals surface area contributed by atoms with E-state index in [9.17, 15) is 0 Å². The largest absolute Gasteiger partial charge is 0.340 e. The lowest BCUT2D eigenvalue weighted by molar-refractivity contribution is 0.241. The number of halogens is 4. The maximum absolute atomic E-state index is 4.83. The van der Waals surface area contributed by atoms with Crippen LogP contribution in [-0.2, 0) is 0 Å². The number of rotatable bonds is 5. The van der Waals surface area contributed by atoms with Crippen LogP contribution in [0.4, 0.5) is 5.95 Å². The van der Waals surface area contributed by atoms with Gasteiger partial charge in [-0.15, -0.1) is 0 Å². The quantitative estimate of drug-likeness (QED) is 0.398. The summed E-state index contributed by atoms with van der Waals surface area (Å²) in [6, 6.07) is 0. The van der Waals surface area contributed by atoms with Gasteiger partial charge in [0.05, 0.1) is 14.5 Å². The zero-order valence-electron chi connectivity index (χ0n) is 14.3. The summed E-state index contributed by atoms with van der Waals surface area (Å²) in [5, 5.41) is 0. The number of nitrogens with zero attached hydrogens (tertiary/aromatic N) is 4. The first-order valence-corrected chi connectivity index (χ1v) is 11.4. The molecular formula is C16H21Br4N5. The molecule has 0 unspecified atom stereocenters. The topological polar surface area (TPSA) is 38.4 Å². The Morgan fingerprint density at radius 2 is 1.60 bits per heavy atom. The summed E-state index contributed by atoms with van der Waals surface area (Å²) < 4.78 is 3.89. The first kappa shape index (κ1) is 20.1. The summed E-state index contributed by atoms with van der Waals surface area (Å²) in [6.45, 7) is 6.48. The third-order valence-corrected chi connectivity index (χ3v) is 9.20. The van der Waals surface area contributed by atoms with Crippen molar-refractivity contribution in [3.05, 3.63) is 17.9 Å². The molecule has 0 amide bonds. The monoisotopic (exact) mass is 599 g/mol. The van der Waals surface area contributed by atoms with E-state index in [1.165, 1.54) is 13.0 Å². The Bertz CT molecular complexity index is 708. The summed E-state index contributed by atoms with van der Waals surface area (Å²) in [5.41, 5.74) is 1.94. The van der Waals surface area contributed by atoms with Crippen molar-refractivity contribution in [2.75, 3.05) is 58.3 Å². The van der Waals surface area contributed by atoms with Crippen LogP contribution in [0.2, 0.25) is 0 Å². The average Bonchev–Trinajstić information content (AvgIpc) is 3.04. The van der Waals surface area contributed by atoms with Crippen LogP contribution in [0.3, 0.4) is 0 Å². The molecule has 9 heteroatoms. The highest BCUT2D eigenvalue weighted by molar-refractivity contribution is 9.15. The molecule has 3 rings (SSSR count). The van der Waals surface area contributed by atoms with E-state index in [4.69, 9.17) is 4.98 Å². The molecule has 5 nitrogen and oxygen atoms in total. The Kier molecular flexibility index (Phi) is 6.87. The van der Waals surface area contributed by atoms with Gasteiger partial charge >= 0.3 is 0 Å². The number of fused-ring (bicyclic) bond motifs is 1. The van der Waals surface area contributed by atoms with Gasteiger partial charge in [-0.25, -0.2) is 4.98 Å². The number of hydrogen-bond acceptors (Lipinski definition) is 4. The summed E-state index contributed by atoms with van der Waals surface area (Å²) in [7, 11) is 4.26. The molecule has 1 fully saturated rings. The van der Waals surface area contributed by atoms with Crippen molar-refractivity contribution >= 4 is 80.7 Å². The fourth-order valence-electron chi connectivity index (χ4n) is 3.03. The van der Waals surface area contributed by atoms with E-state index in [0.717, 1.165) is 67.6 Å². The Morgan fingerprint density at radius 1 is 0.960 bits per heavy atom. The van der Waals surface area contributed by atoms with E-state index >= 15 is 0 Å². The molecule has 2 aromatic rings. The second-order valence-electron chi connectivity index (χ2n) is 6.53. The van der Waals surface area contributed by atoms with E-state index in [-0.39, 0.29) is 0 Å². The lowest BCUT2D eigenvalue weighted by Crippen LogP contribution is -2.47. The second kappa shape index (κ2) is 8.56. The smallest absolute Gasteiger partial charge is 0.203 e. The van der Waals surface area contributed by atoms with Crippen LogP contribution in [0.25, 0.3) is 11.0 Å². The van der Waals surface area contributed by atoms with E-state index in [1.807, 2.05) is 0 Å². The second-order valence-corrected chi connectivity index (χ2v) is 9.70. The predicted octanol–water partition coefficient (Wildman–Crippen LogP) is 4.69. The SMILES string of the molecule is CN(C)CCCN1CCN(c2nc3c(Br)c(Br)c(Br)c(Br)c3[nH]2)CC1. The summed E-state index contributed by atoms with van der Waals surface area (Å²) in [4.78, 5) is 15.4. The molecule has 0 saturated carbocycles. The highest BCUT2D eigenvalue weighted by Gasteiger charge is 2.22. The third-order valence-electron chi connectivity index (χ3n) is 4.45. The van der Waals surface area contributed by atoms with Gasteiger partial charge in [-0.1, -0.05) is 0 Å². The first-order chi connectivity index (χ1) is 11.9. The van der Waals surface area contributed by atoms with Crippen LogP contribution in [0.5, 0.6) is 0 Å². The highest BCUT2D eigenvalue weighted by atomic mass is 79.9.